The van der Waals surface area contributed by atoms with Gasteiger partial charge in [-0.25, -0.2) is 4.57 Å². The highest BCUT2D eigenvalue weighted by Crippen LogP contribution is 2.35. The Kier molecular flexibility index (Phi) is 32.7. The Morgan fingerprint density at radius 1 is 0.622 bits per heavy atom. The number of carbonyl (C=O) groups excluding carboxylic acids is 1. The van der Waals surface area contributed by atoms with E-state index < -0.39 is 26.5 Å². The van der Waals surface area contributed by atoms with Crippen molar-refractivity contribution < 1.29 is 33.1 Å². The molecule has 0 radical (unpaired) electrons. The van der Waals surface area contributed by atoms with Gasteiger partial charge in [0, 0.05) is 13.0 Å². The third-order valence-electron chi connectivity index (χ3n) is 7.39. The molecule has 8 heteroatoms. The van der Waals surface area contributed by atoms with Gasteiger partial charge in [0.15, 0.2) is 0 Å². The molecule has 0 saturated heterocycles. The van der Waals surface area contributed by atoms with E-state index in [1.165, 1.54) is 77.0 Å². The Morgan fingerprint density at radius 2 is 1.11 bits per heavy atom. The van der Waals surface area contributed by atoms with Gasteiger partial charge in [0.25, 0.3) is 0 Å². The lowest BCUT2D eigenvalue weighted by molar-refractivity contribution is -0.154. The zero-order valence-corrected chi connectivity index (χ0v) is 29.7. The molecule has 0 amide bonds. The van der Waals surface area contributed by atoms with Crippen molar-refractivity contribution in [1.29, 1.82) is 0 Å². The molecule has 0 aliphatic rings. The highest BCUT2D eigenvalue weighted by atomic mass is 31.2. The number of hydrogen-bond acceptors (Lipinski definition) is 5. The van der Waals surface area contributed by atoms with Crippen LogP contribution in [0.5, 0.6) is 0 Å². The summed E-state index contributed by atoms with van der Waals surface area (Å²) in [6.07, 6.45) is 41.0. The summed E-state index contributed by atoms with van der Waals surface area (Å²) in [4.78, 5) is 30.4. The fourth-order valence-corrected chi connectivity index (χ4v) is 5.14. The van der Waals surface area contributed by atoms with Gasteiger partial charge >= 0.3 is 13.8 Å². The summed E-state index contributed by atoms with van der Waals surface area (Å²) in [6, 6.07) is 0. The van der Waals surface area contributed by atoms with Crippen LogP contribution in [0.15, 0.2) is 48.6 Å². The van der Waals surface area contributed by atoms with Crippen LogP contribution in [0.4, 0.5) is 0 Å². The van der Waals surface area contributed by atoms with E-state index in [0.29, 0.717) is 13.0 Å². The number of ether oxygens (including phenoxy) is 2. The van der Waals surface area contributed by atoms with Gasteiger partial charge < -0.3 is 19.3 Å². The molecule has 0 aromatic carbocycles. The molecule has 0 aromatic rings. The molecule has 0 rings (SSSR count). The van der Waals surface area contributed by atoms with Crippen molar-refractivity contribution >= 4 is 13.8 Å². The Balaban J connectivity index is 3.93. The summed E-state index contributed by atoms with van der Waals surface area (Å²) < 4.78 is 26.8. The van der Waals surface area contributed by atoms with Gasteiger partial charge in [-0.15, -0.1) is 0 Å². The summed E-state index contributed by atoms with van der Waals surface area (Å²) in [5, 5.41) is 0. The number of unbranched alkanes of at least 4 members (excludes halogenated alkanes) is 15. The first-order valence-corrected chi connectivity index (χ1v) is 19.5. The number of allylic oxidation sites excluding steroid dienone is 8. The molecule has 7 nitrogen and oxygen atoms in total. The predicted octanol–water partition coefficient (Wildman–Crippen LogP) is 10.9. The zero-order valence-electron chi connectivity index (χ0n) is 28.8. The Hall–Kier alpha value is -1.50. The molecule has 2 N–H and O–H groups in total. The van der Waals surface area contributed by atoms with Crippen LogP contribution in [-0.4, -0.2) is 41.7 Å². The van der Waals surface area contributed by atoms with Crippen molar-refractivity contribution in [3.63, 3.8) is 0 Å². The first kappa shape index (κ1) is 43.5. The number of rotatable bonds is 33. The molecule has 0 unspecified atom stereocenters. The van der Waals surface area contributed by atoms with Crippen LogP contribution in [0.25, 0.3) is 0 Å². The van der Waals surface area contributed by atoms with E-state index in [-0.39, 0.29) is 13.0 Å². The molecule has 262 valence electrons. The average Bonchev–Trinajstić information content (AvgIpc) is 3.01. The molecular formula is C37H67O7P. The summed E-state index contributed by atoms with van der Waals surface area (Å²) in [5.74, 6) is -0.403. The van der Waals surface area contributed by atoms with Crippen molar-refractivity contribution in [1.82, 2.24) is 0 Å². The molecule has 0 saturated carbocycles. The molecule has 1 atom stereocenters. The lowest BCUT2D eigenvalue weighted by Crippen LogP contribution is -2.28. The van der Waals surface area contributed by atoms with Crippen LogP contribution in [0.1, 0.15) is 155 Å². The van der Waals surface area contributed by atoms with Crippen LogP contribution >= 0.6 is 7.82 Å². The maximum atomic E-state index is 12.3. The van der Waals surface area contributed by atoms with E-state index in [9.17, 15) is 9.36 Å². The van der Waals surface area contributed by atoms with Crippen molar-refractivity contribution in [2.75, 3.05) is 19.8 Å². The average molecular weight is 655 g/mol. The number of phosphoric acid groups is 1. The molecule has 0 aliphatic heterocycles. The van der Waals surface area contributed by atoms with E-state index in [0.717, 1.165) is 51.4 Å². The van der Waals surface area contributed by atoms with Gasteiger partial charge in [-0.3, -0.25) is 9.32 Å². The zero-order chi connectivity index (χ0) is 33.1. The lowest BCUT2D eigenvalue weighted by atomic mass is 10.0. The SMILES string of the molecule is CC/C=C\C/C=C\C/C=C\C/C=C\CCCCC(=O)O[C@H](COCCCCCCCCCCCCCCCC)COP(=O)(O)O. The maximum Gasteiger partial charge on any atom is 0.469 e. The standard InChI is InChI=1S/C37H67O7P/c1-3-5-7-9-11-13-15-17-19-20-22-24-26-28-30-32-37(38)44-36(35-43-45(39,40)41)34-42-33-31-29-27-25-23-21-18-16-14-12-10-8-6-4-2/h5,7,11,13,17,19,22,24,36H,3-4,6,8-10,12,14-16,18,20-21,23,25-35H2,1-2H3,(H2,39,40,41)/b7-5-,13-11-,19-17-,24-22-/t36-/m1/s1. The minimum Gasteiger partial charge on any atom is -0.457 e. The second-order valence-corrected chi connectivity index (χ2v) is 13.1. The number of esters is 1. The number of hydrogen-bond donors (Lipinski definition) is 2. The molecule has 0 aromatic heterocycles. The quantitative estimate of drug-likeness (QED) is 0.0314. The van der Waals surface area contributed by atoms with E-state index in [2.05, 4.69) is 67.0 Å². The smallest absolute Gasteiger partial charge is 0.457 e. The van der Waals surface area contributed by atoms with Crippen LogP contribution in [-0.2, 0) is 23.4 Å². The Labute approximate surface area is 276 Å². The van der Waals surface area contributed by atoms with E-state index in [4.69, 9.17) is 19.3 Å². The van der Waals surface area contributed by atoms with Gasteiger partial charge in [0.05, 0.1) is 13.2 Å². The highest BCUT2D eigenvalue weighted by Gasteiger charge is 2.21. The Morgan fingerprint density at radius 3 is 1.62 bits per heavy atom. The molecule has 0 spiro atoms. The van der Waals surface area contributed by atoms with Crippen molar-refractivity contribution in [2.24, 2.45) is 0 Å². The minimum atomic E-state index is -4.66. The normalized spacial score (nSPS) is 13.2. The van der Waals surface area contributed by atoms with Gasteiger partial charge in [0.1, 0.15) is 6.10 Å². The van der Waals surface area contributed by atoms with E-state index >= 15 is 0 Å². The highest BCUT2D eigenvalue weighted by molar-refractivity contribution is 7.46. The van der Waals surface area contributed by atoms with Crippen molar-refractivity contribution in [3.8, 4) is 0 Å². The summed E-state index contributed by atoms with van der Waals surface area (Å²) in [5.41, 5.74) is 0. The second kappa shape index (κ2) is 33.9. The topological polar surface area (TPSA) is 102 Å². The molecule has 45 heavy (non-hydrogen) atoms. The van der Waals surface area contributed by atoms with E-state index in [1.807, 2.05) is 0 Å². The van der Waals surface area contributed by atoms with Crippen molar-refractivity contribution in [2.45, 2.75) is 161 Å². The van der Waals surface area contributed by atoms with Gasteiger partial charge in [-0.05, 0) is 51.4 Å². The number of phosphoric ester groups is 1. The molecule has 0 aliphatic carbocycles. The Bertz CT molecular complexity index is 816. The fraction of sp³-hybridized carbons (Fsp3) is 0.757. The van der Waals surface area contributed by atoms with Gasteiger partial charge in [-0.1, -0.05) is 146 Å². The largest absolute Gasteiger partial charge is 0.469 e. The molecule has 0 heterocycles. The van der Waals surface area contributed by atoms with Crippen LogP contribution in [0.2, 0.25) is 0 Å². The monoisotopic (exact) mass is 654 g/mol. The third kappa shape index (κ3) is 36.8. The minimum absolute atomic E-state index is 0.0616. The van der Waals surface area contributed by atoms with Crippen LogP contribution in [0, 0.1) is 0 Å². The molecular weight excluding hydrogens is 587 g/mol. The second-order valence-electron chi connectivity index (χ2n) is 11.8. The predicted molar refractivity (Wildman–Crippen MR) is 188 cm³/mol. The maximum absolute atomic E-state index is 12.3. The van der Waals surface area contributed by atoms with E-state index in [1.54, 1.807) is 0 Å². The first-order valence-electron chi connectivity index (χ1n) is 18.0. The van der Waals surface area contributed by atoms with Crippen LogP contribution < -0.4 is 0 Å². The van der Waals surface area contributed by atoms with Crippen molar-refractivity contribution in [3.05, 3.63) is 48.6 Å². The van der Waals surface area contributed by atoms with Crippen LogP contribution in [0.3, 0.4) is 0 Å². The third-order valence-corrected chi connectivity index (χ3v) is 7.88. The number of carbonyl (C=O) groups is 1. The fourth-order valence-electron chi connectivity index (χ4n) is 4.78. The van der Waals surface area contributed by atoms with Gasteiger partial charge in [0.2, 0.25) is 0 Å². The summed E-state index contributed by atoms with van der Waals surface area (Å²) >= 11 is 0. The molecule has 0 fully saturated rings. The molecule has 0 bridgehead atoms. The van der Waals surface area contributed by atoms with Gasteiger partial charge in [-0.2, -0.15) is 0 Å². The first-order chi connectivity index (χ1) is 21.9. The summed E-state index contributed by atoms with van der Waals surface area (Å²) in [7, 11) is -4.66. The summed E-state index contributed by atoms with van der Waals surface area (Å²) in [6.45, 7) is 4.59. The lowest BCUT2D eigenvalue weighted by Gasteiger charge is -2.18.